The van der Waals surface area contributed by atoms with Crippen molar-refractivity contribution in [3.63, 3.8) is 0 Å². The first-order chi connectivity index (χ1) is 15.4. The van der Waals surface area contributed by atoms with Crippen LogP contribution >= 0.6 is 0 Å². The zero-order valence-corrected chi connectivity index (χ0v) is 18.8. The van der Waals surface area contributed by atoms with Gasteiger partial charge in [-0.3, -0.25) is 0 Å². The third-order valence-electron chi connectivity index (χ3n) is 5.81. The van der Waals surface area contributed by atoms with E-state index < -0.39 is 6.10 Å². The van der Waals surface area contributed by atoms with Gasteiger partial charge < -0.3 is 25.0 Å². The zero-order chi connectivity index (χ0) is 22.9. The van der Waals surface area contributed by atoms with E-state index in [4.69, 9.17) is 4.74 Å². The number of ether oxygens (including phenoxy) is 1. The molecule has 3 rings (SSSR count). The number of rotatable bonds is 9. The first-order valence-corrected chi connectivity index (χ1v) is 11.2. The van der Waals surface area contributed by atoms with Gasteiger partial charge in [0.05, 0.1) is 12.7 Å². The number of aliphatic hydroxyl groups excluding tert-OH is 1. The SMILES string of the molecule is CCOc1ccc(CNC(=O)N(C)CC2CCN(CC(O)c3ccc(F)cc3)CC2)cn1. The van der Waals surface area contributed by atoms with E-state index in [2.05, 4.69) is 15.2 Å². The van der Waals surface area contributed by atoms with E-state index in [0.717, 1.165) is 37.1 Å². The van der Waals surface area contributed by atoms with E-state index in [0.29, 0.717) is 38.0 Å². The van der Waals surface area contributed by atoms with Crippen molar-refractivity contribution in [2.45, 2.75) is 32.4 Å². The number of hydrogen-bond acceptors (Lipinski definition) is 5. The van der Waals surface area contributed by atoms with Crippen molar-refractivity contribution in [3.8, 4) is 5.88 Å². The number of aliphatic hydroxyl groups is 1. The number of amides is 2. The van der Waals surface area contributed by atoms with Crippen molar-refractivity contribution in [2.75, 3.05) is 39.8 Å². The molecule has 2 heterocycles. The molecule has 7 nitrogen and oxygen atoms in total. The molecule has 0 saturated carbocycles. The fourth-order valence-electron chi connectivity index (χ4n) is 3.92. The van der Waals surface area contributed by atoms with Gasteiger partial charge in [0.15, 0.2) is 0 Å². The standard InChI is InChI=1S/C24H33FN4O3/c1-3-32-23-9-4-19(14-26-23)15-27-24(31)28(2)16-18-10-12-29(13-11-18)17-22(30)20-5-7-21(25)8-6-20/h4-9,14,18,22,30H,3,10-13,15-17H2,1-2H3,(H,27,31). The topological polar surface area (TPSA) is 77.9 Å². The Morgan fingerprint density at radius 1 is 1.28 bits per heavy atom. The van der Waals surface area contributed by atoms with Gasteiger partial charge in [-0.05, 0) is 62.0 Å². The number of benzene rings is 1. The largest absolute Gasteiger partial charge is 0.478 e. The predicted octanol–water partition coefficient (Wildman–Crippen LogP) is 3.21. The van der Waals surface area contributed by atoms with Crippen LogP contribution < -0.4 is 10.1 Å². The molecule has 32 heavy (non-hydrogen) atoms. The first-order valence-electron chi connectivity index (χ1n) is 11.2. The lowest BCUT2D eigenvalue weighted by Crippen LogP contribution is -2.43. The van der Waals surface area contributed by atoms with Crippen LogP contribution in [0.5, 0.6) is 5.88 Å². The second-order valence-electron chi connectivity index (χ2n) is 8.29. The van der Waals surface area contributed by atoms with Gasteiger partial charge >= 0.3 is 6.03 Å². The molecule has 2 N–H and O–H groups in total. The Bertz CT molecular complexity index is 839. The van der Waals surface area contributed by atoms with Crippen LogP contribution in [0.4, 0.5) is 9.18 Å². The molecule has 1 aromatic carbocycles. The normalized spacial score (nSPS) is 15.9. The molecule has 0 aliphatic carbocycles. The van der Waals surface area contributed by atoms with Gasteiger partial charge in [0.2, 0.25) is 5.88 Å². The highest BCUT2D eigenvalue weighted by Gasteiger charge is 2.23. The smallest absolute Gasteiger partial charge is 0.317 e. The van der Waals surface area contributed by atoms with E-state index >= 15 is 0 Å². The summed E-state index contributed by atoms with van der Waals surface area (Å²) in [6, 6.07) is 9.60. The number of urea groups is 1. The van der Waals surface area contributed by atoms with Crippen LogP contribution in [-0.4, -0.2) is 65.8 Å². The molecule has 2 amide bonds. The van der Waals surface area contributed by atoms with Crippen molar-refractivity contribution >= 4 is 6.03 Å². The van der Waals surface area contributed by atoms with E-state index in [1.807, 2.05) is 20.0 Å². The average Bonchev–Trinajstić information content (AvgIpc) is 2.80. The van der Waals surface area contributed by atoms with Gasteiger partial charge in [0.1, 0.15) is 5.82 Å². The minimum Gasteiger partial charge on any atom is -0.478 e. The minimum absolute atomic E-state index is 0.104. The average molecular weight is 445 g/mol. The van der Waals surface area contributed by atoms with Crippen molar-refractivity contribution in [1.29, 1.82) is 0 Å². The van der Waals surface area contributed by atoms with E-state index in [1.165, 1.54) is 12.1 Å². The molecule has 2 aromatic rings. The van der Waals surface area contributed by atoms with Crippen LogP contribution in [0.1, 0.15) is 37.0 Å². The number of aromatic nitrogens is 1. The fourth-order valence-corrected chi connectivity index (χ4v) is 3.92. The van der Waals surface area contributed by atoms with Gasteiger partial charge in [-0.1, -0.05) is 18.2 Å². The van der Waals surface area contributed by atoms with Crippen LogP contribution in [0, 0.1) is 11.7 Å². The maximum Gasteiger partial charge on any atom is 0.317 e. The summed E-state index contributed by atoms with van der Waals surface area (Å²) in [4.78, 5) is 20.6. The first kappa shape index (κ1) is 23.9. The number of carbonyl (C=O) groups excluding carboxylic acids is 1. The van der Waals surface area contributed by atoms with Gasteiger partial charge in [-0.25, -0.2) is 14.2 Å². The lowest BCUT2D eigenvalue weighted by Gasteiger charge is -2.34. The van der Waals surface area contributed by atoms with Crippen molar-refractivity contribution in [1.82, 2.24) is 20.1 Å². The van der Waals surface area contributed by atoms with Gasteiger partial charge in [0, 0.05) is 38.9 Å². The summed E-state index contributed by atoms with van der Waals surface area (Å²) in [5.74, 6) is 0.708. The molecule has 1 atom stereocenters. The van der Waals surface area contributed by atoms with E-state index in [1.54, 1.807) is 29.3 Å². The van der Waals surface area contributed by atoms with Crippen LogP contribution in [-0.2, 0) is 6.54 Å². The number of nitrogens with one attached hydrogen (secondary N) is 1. The molecule has 0 bridgehead atoms. The summed E-state index contributed by atoms with van der Waals surface area (Å²) in [6.07, 6.45) is 3.02. The summed E-state index contributed by atoms with van der Waals surface area (Å²) < 4.78 is 18.4. The summed E-state index contributed by atoms with van der Waals surface area (Å²) in [6.45, 7) is 5.87. The highest BCUT2D eigenvalue weighted by Crippen LogP contribution is 2.21. The molecule has 174 valence electrons. The number of halogens is 1. The summed E-state index contributed by atoms with van der Waals surface area (Å²) in [5.41, 5.74) is 1.65. The summed E-state index contributed by atoms with van der Waals surface area (Å²) >= 11 is 0. The van der Waals surface area contributed by atoms with Crippen LogP contribution in [0.2, 0.25) is 0 Å². The summed E-state index contributed by atoms with van der Waals surface area (Å²) in [7, 11) is 1.82. The van der Waals surface area contributed by atoms with E-state index in [-0.39, 0.29) is 11.8 Å². The summed E-state index contributed by atoms with van der Waals surface area (Å²) in [5, 5.41) is 13.3. The Balaban J connectivity index is 1.36. The molecular formula is C24H33FN4O3. The molecule has 1 aliphatic rings. The number of piperidine rings is 1. The number of β-amino-alcohol motifs (C(OH)–C–C–N with tert-alkyl or cyclic N) is 1. The highest BCUT2D eigenvalue weighted by atomic mass is 19.1. The molecule has 1 aliphatic heterocycles. The third-order valence-corrected chi connectivity index (χ3v) is 5.81. The second-order valence-corrected chi connectivity index (χ2v) is 8.29. The molecular weight excluding hydrogens is 411 g/mol. The van der Waals surface area contributed by atoms with Crippen molar-refractivity contribution < 1.29 is 19.0 Å². The Hall–Kier alpha value is -2.71. The van der Waals surface area contributed by atoms with Crippen molar-refractivity contribution in [2.24, 2.45) is 5.92 Å². The Morgan fingerprint density at radius 2 is 2.00 bits per heavy atom. The molecule has 0 radical (unpaired) electrons. The highest BCUT2D eigenvalue weighted by molar-refractivity contribution is 5.73. The zero-order valence-electron chi connectivity index (χ0n) is 18.8. The number of carbonyl (C=O) groups is 1. The molecule has 1 saturated heterocycles. The van der Waals surface area contributed by atoms with Crippen molar-refractivity contribution in [3.05, 3.63) is 59.5 Å². The molecule has 1 unspecified atom stereocenters. The number of nitrogens with zero attached hydrogens (tertiary/aromatic N) is 3. The lowest BCUT2D eigenvalue weighted by molar-refractivity contribution is 0.0847. The van der Waals surface area contributed by atoms with Gasteiger partial charge in [-0.15, -0.1) is 0 Å². The van der Waals surface area contributed by atoms with Crippen LogP contribution in [0.3, 0.4) is 0 Å². The molecule has 8 heteroatoms. The van der Waals surface area contributed by atoms with E-state index in [9.17, 15) is 14.3 Å². The quantitative estimate of drug-likeness (QED) is 0.621. The van der Waals surface area contributed by atoms with Gasteiger partial charge in [-0.2, -0.15) is 0 Å². The van der Waals surface area contributed by atoms with Crippen LogP contribution in [0.25, 0.3) is 0 Å². The number of likely N-dealkylation sites (tertiary alicyclic amines) is 1. The minimum atomic E-state index is -0.627. The predicted molar refractivity (Wildman–Crippen MR) is 121 cm³/mol. The van der Waals surface area contributed by atoms with Crippen LogP contribution in [0.15, 0.2) is 42.6 Å². The maximum absolute atomic E-state index is 13.1. The van der Waals surface area contributed by atoms with Gasteiger partial charge in [0.25, 0.3) is 0 Å². The fraction of sp³-hybridized carbons (Fsp3) is 0.500. The molecule has 1 aromatic heterocycles. The monoisotopic (exact) mass is 444 g/mol. The Labute approximate surface area is 189 Å². The maximum atomic E-state index is 13.1. The Morgan fingerprint density at radius 3 is 2.62 bits per heavy atom. The Kier molecular flexibility index (Phi) is 8.81. The number of hydrogen-bond donors (Lipinski definition) is 2. The lowest BCUT2D eigenvalue weighted by atomic mass is 9.95. The number of pyridine rings is 1. The second kappa shape index (κ2) is 11.8. The molecule has 1 fully saturated rings. The molecule has 0 spiro atoms. The third kappa shape index (κ3) is 7.17.